The van der Waals surface area contributed by atoms with Gasteiger partial charge in [-0.2, -0.15) is 4.98 Å². The summed E-state index contributed by atoms with van der Waals surface area (Å²) in [5.74, 6) is 0.797. The van der Waals surface area contributed by atoms with E-state index >= 15 is 0 Å². The molecule has 118 valence electrons. The maximum atomic E-state index is 12.5. The molecular formula is C15H21N5OS. The zero-order chi connectivity index (χ0) is 15.7. The maximum absolute atomic E-state index is 12.5. The van der Waals surface area contributed by atoms with Crippen molar-refractivity contribution in [2.75, 3.05) is 19.3 Å². The number of carbonyl (C=O) groups is 1. The number of piperidine rings is 1. The fourth-order valence-electron chi connectivity index (χ4n) is 2.94. The van der Waals surface area contributed by atoms with Gasteiger partial charge in [0.05, 0.1) is 6.42 Å². The van der Waals surface area contributed by atoms with Gasteiger partial charge >= 0.3 is 0 Å². The molecule has 0 unspecified atom stereocenters. The van der Waals surface area contributed by atoms with Crippen molar-refractivity contribution in [3.8, 4) is 0 Å². The van der Waals surface area contributed by atoms with Crippen LogP contribution >= 0.6 is 11.8 Å². The molecule has 0 aliphatic carbocycles. The molecule has 1 saturated heterocycles. The van der Waals surface area contributed by atoms with E-state index in [0.717, 1.165) is 42.9 Å². The summed E-state index contributed by atoms with van der Waals surface area (Å²) < 4.78 is 1.75. The van der Waals surface area contributed by atoms with Gasteiger partial charge in [-0.05, 0) is 39.4 Å². The Balaban J connectivity index is 1.90. The van der Waals surface area contributed by atoms with Crippen LogP contribution in [0.15, 0.2) is 5.16 Å². The molecule has 1 amide bonds. The molecule has 0 N–H and O–H groups in total. The standard InChI is InChI=1S/C15H21N5OS/c1-10-12(9-13(21)19-7-5-4-6-8-19)11(2)20-14(16-10)17-15(18-20)22-3/h4-9H2,1-3H3. The summed E-state index contributed by atoms with van der Waals surface area (Å²) in [6, 6.07) is 0. The van der Waals surface area contributed by atoms with Crippen LogP contribution in [-0.4, -0.2) is 49.7 Å². The summed E-state index contributed by atoms with van der Waals surface area (Å²) in [6.07, 6.45) is 5.79. The quantitative estimate of drug-likeness (QED) is 0.810. The average Bonchev–Trinajstić information content (AvgIpc) is 2.95. The van der Waals surface area contributed by atoms with Crippen LogP contribution in [0.1, 0.15) is 36.2 Å². The number of amides is 1. The third-order valence-corrected chi connectivity index (χ3v) is 4.79. The SMILES string of the molecule is CSc1nc2nc(C)c(CC(=O)N3CCCCC3)c(C)n2n1. The summed E-state index contributed by atoms with van der Waals surface area (Å²) in [5.41, 5.74) is 2.80. The van der Waals surface area contributed by atoms with Crippen LogP contribution in [0.3, 0.4) is 0 Å². The van der Waals surface area contributed by atoms with Crippen LogP contribution in [0, 0.1) is 13.8 Å². The van der Waals surface area contributed by atoms with Gasteiger partial charge in [-0.25, -0.2) is 9.50 Å². The lowest BCUT2D eigenvalue weighted by Crippen LogP contribution is -2.37. The predicted molar refractivity (Wildman–Crippen MR) is 86.2 cm³/mol. The van der Waals surface area contributed by atoms with Gasteiger partial charge in [0.25, 0.3) is 5.78 Å². The molecule has 3 rings (SSSR count). The molecule has 2 aromatic rings. The fourth-order valence-corrected chi connectivity index (χ4v) is 3.27. The minimum Gasteiger partial charge on any atom is -0.342 e. The Morgan fingerprint density at radius 3 is 2.59 bits per heavy atom. The predicted octanol–water partition coefficient (Wildman–Crippen LogP) is 2.02. The number of hydrogen-bond acceptors (Lipinski definition) is 5. The van der Waals surface area contributed by atoms with Crippen molar-refractivity contribution in [3.63, 3.8) is 0 Å². The number of aryl methyl sites for hydroxylation is 2. The van der Waals surface area contributed by atoms with E-state index in [9.17, 15) is 4.79 Å². The van der Waals surface area contributed by atoms with Crippen molar-refractivity contribution in [2.45, 2.75) is 44.7 Å². The minimum absolute atomic E-state index is 0.192. The molecule has 1 aliphatic heterocycles. The topological polar surface area (TPSA) is 63.4 Å². The second-order valence-corrected chi connectivity index (χ2v) is 6.46. The molecule has 2 aromatic heterocycles. The number of nitrogens with zero attached hydrogens (tertiary/aromatic N) is 5. The minimum atomic E-state index is 0.192. The number of thioether (sulfide) groups is 1. The number of rotatable bonds is 3. The normalized spacial score (nSPS) is 15.5. The molecule has 3 heterocycles. The lowest BCUT2D eigenvalue weighted by Gasteiger charge is -2.27. The lowest BCUT2D eigenvalue weighted by molar-refractivity contribution is -0.131. The Kier molecular flexibility index (Phi) is 4.33. The summed E-state index contributed by atoms with van der Waals surface area (Å²) in [4.78, 5) is 23.4. The van der Waals surface area contributed by atoms with E-state index in [4.69, 9.17) is 0 Å². The Morgan fingerprint density at radius 2 is 1.91 bits per heavy atom. The van der Waals surface area contributed by atoms with E-state index in [1.165, 1.54) is 18.2 Å². The van der Waals surface area contributed by atoms with Crippen molar-refractivity contribution in [2.24, 2.45) is 0 Å². The smallest absolute Gasteiger partial charge is 0.253 e. The summed E-state index contributed by atoms with van der Waals surface area (Å²) >= 11 is 1.49. The Bertz CT molecular complexity index is 706. The van der Waals surface area contributed by atoms with Crippen LogP contribution in [0.2, 0.25) is 0 Å². The maximum Gasteiger partial charge on any atom is 0.253 e. The highest BCUT2D eigenvalue weighted by molar-refractivity contribution is 7.98. The van der Waals surface area contributed by atoms with Crippen LogP contribution in [-0.2, 0) is 11.2 Å². The molecule has 0 bridgehead atoms. The van der Waals surface area contributed by atoms with Crippen molar-refractivity contribution in [1.82, 2.24) is 24.5 Å². The van der Waals surface area contributed by atoms with Gasteiger partial charge in [0, 0.05) is 30.0 Å². The van der Waals surface area contributed by atoms with Crippen molar-refractivity contribution >= 4 is 23.4 Å². The van der Waals surface area contributed by atoms with Crippen molar-refractivity contribution < 1.29 is 4.79 Å². The van der Waals surface area contributed by atoms with Crippen LogP contribution in [0.25, 0.3) is 5.78 Å². The molecule has 0 saturated carbocycles. The van der Waals surface area contributed by atoms with E-state index in [1.54, 1.807) is 4.52 Å². The van der Waals surface area contributed by atoms with Crippen LogP contribution in [0.4, 0.5) is 0 Å². The molecular weight excluding hydrogens is 298 g/mol. The molecule has 6 nitrogen and oxygen atoms in total. The van der Waals surface area contributed by atoms with E-state index in [-0.39, 0.29) is 5.91 Å². The first-order valence-corrected chi connectivity index (χ1v) is 8.87. The summed E-state index contributed by atoms with van der Waals surface area (Å²) in [7, 11) is 0. The second kappa shape index (κ2) is 6.24. The first kappa shape index (κ1) is 15.3. The molecule has 7 heteroatoms. The zero-order valence-electron chi connectivity index (χ0n) is 13.3. The van der Waals surface area contributed by atoms with E-state index < -0.39 is 0 Å². The third kappa shape index (κ3) is 2.82. The first-order valence-electron chi connectivity index (χ1n) is 7.64. The number of aromatic nitrogens is 4. The largest absolute Gasteiger partial charge is 0.342 e. The first-order chi connectivity index (χ1) is 10.6. The molecule has 1 aliphatic rings. The second-order valence-electron chi connectivity index (χ2n) is 5.69. The third-order valence-electron chi connectivity index (χ3n) is 4.25. The Hall–Kier alpha value is -1.63. The van der Waals surface area contributed by atoms with E-state index in [1.807, 2.05) is 25.0 Å². The van der Waals surface area contributed by atoms with Gasteiger partial charge in [0.2, 0.25) is 11.1 Å². The van der Waals surface area contributed by atoms with Gasteiger partial charge < -0.3 is 4.90 Å². The average molecular weight is 319 g/mol. The number of fused-ring (bicyclic) bond motifs is 1. The number of likely N-dealkylation sites (tertiary alicyclic amines) is 1. The molecule has 0 atom stereocenters. The zero-order valence-corrected chi connectivity index (χ0v) is 14.1. The van der Waals surface area contributed by atoms with Crippen molar-refractivity contribution in [3.05, 3.63) is 17.0 Å². The summed E-state index contributed by atoms with van der Waals surface area (Å²) in [5, 5.41) is 5.14. The van der Waals surface area contributed by atoms with Gasteiger partial charge in [0.1, 0.15) is 0 Å². The van der Waals surface area contributed by atoms with Gasteiger partial charge in [0.15, 0.2) is 0 Å². The van der Waals surface area contributed by atoms with Gasteiger partial charge in [-0.3, -0.25) is 4.79 Å². The Labute approximate surface area is 134 Å². The lowest BCUT2D eigenvalue weighted by atomic mass is 10.1. The number of carbonyl (C=O) groups excluding carboxylic acids is 1. The Morgan fingerprint density at radius 1 is 1.18 bits per heavy atom. The highest BCUT2D eigenvalue weighted by atomic mass is 32.2. The van der Waals surface area contributed by atoms with Gasteiger partial charge in [-0.15, -0.1) is 5.10 Å². The van der Waals surface area contributed by atoms with Crippen LogP contribution in [0.5, 0.6) is 0 Å². The fraction of sp³-hybridized carbons (Fsp3) is 0.600. The molecule has 0 radical (unpaired) electrons. The molecule has 0 spiro atoms. The monoisotopic (exact) mass is 319 g/mol. The van der Waals surface area contributed by atoms with Crippen molar-refractivity contribution in [1.29, 1.82) is 0 Å². The van der Waals surface area contributed by atoms with Gasteiger partial charge in [-0.1, -0.05) is 11.8 Å². The molecule has 22 heavy (non-hydrogen) atoms. The van der Waals surface area contributed by atoms with E-state index in [2.05, 4.69) is 15.1 Å². The number of hydrogen-bond donors (Lipinski definition) is 0. The highest BCUT2D eigenvalue weighted by Gasteiger charge is 2.20. The van der Waals surface area contributed by atoms with E-state index in [0.29, 0.717) is 17.4 Å². The molecule has 1 fully saturated rings. The molecule has 0 aromatic carbocycles. The highest BCUT2D eigenvalue weighted by Crippen LogP contribution is 2.18. The summed E-state index contributed by atoms with van der Waals surface area (Å²) in [6.45, 7) is 5.69. The van der Waals surface area contributed by atoms with Crippen LogP contribution < -0.4 is 0 Å².